The van der Waals surface area contributed by atoms with Crippen LogP contribution in [0.3, 0.4) is 0 Å². The molecule has 1 aromatic carbocycles. The van der Waals surface area contributed by atoms with Crippen molar-refractivity contribution in [2.45, 2.75) is 6.92 Å². The molecule has 19 heavy (non-hydrogen) atoms. The van der Waals surface area contributed by atoms with Gasteiger partial charge in [-0.2, -0.15) is 0 Å². The Morgan fingerprint density at radius 1 is 1.21 bits per heavy atom. The van der Waals surface area contributed by atoms with Gasteiger partial charge in [0.1, 0.15) is 11.0 Å². The Kier molecular flexibility index (Phi) is 2.88. The van der Waals surface area contributed by atoms with Gasteiger partial charge in [-0.1, -0.05) is 29.3 Å². The topological polar surface area (TPSA) is 43.1 Å². The number of nitrogens with zero attached hydrogens (tertiary/aromatic N) is 4. The minimum atomic E-state index is -0.534. The van der Waals surface area contributed by atoms with E-state index < -0.39 is 5.82 Å². The molecule has 0 radical (unpaired) electrons. The molecule has 0 fully saturated rings. The number of aryl methyl sites for hydroxylation is 1. The fourth-order valence-corrected chi connectivity index (χ4v) is 2.30. The Balaban J connectivity index is 2.35. The minimum absolute atomic E-state index is 0.0359. The summed E-state index contributed by atoms with van der Waals surface area (Å²) in [5.41, 5.74) is 0.777. The van der Waals surface area contributed by atoms with Gasteiger partial charge in [-0.15, -0.1) is 10.2 Å². The number of hydrogen-bond donors (Lipinski definition) is 0. The molecule has 3 aromatic rings. The van der Waals surface area contributed by atoms with Crippen molar-refractivity contribution in [2.75, 3.05) is 0 Å². The van der Waals surface area contributed by atoms with Gasteiger partial charge in [0.25, 0.3) is 0 Å². The molecule has 96 valence electrons. The van der Waals surface area contributed by atoms with Gasteiger partial charge in [-0.25, -0.2) is 9.37 Å². The molecule has 0 saturated heterocycles. The second kappa shape index (κ2) is 4.43. The predicted octanol–water partition coefficient (Wildman–Crippen LogP) is 3.55. The van der Waals surface area contributed by atoms with Crippen molar-refractivity contribution in [3.63, 3.8) is 0 Å². The van der Waals surface area contributed by atoms with Crippen molar-refractivity contribution in [1.29, 1.82) is 0 Å². The van der Waals surface area contributed by atoms with Crippen molar-refractivity contribution < 1.29 is 4.39 Å². The van der Waals surface area contributed by atoms with Gasteiger partial charge in [0.15, 0.2) is 17.3 Å². The van der Waals surface area contributed by atoms with Gasteiger partial charge in [0, 0.05) is 6.07 Å². The first-order valence-corrected chi connectivity index (χ1v) is 6.16. The number of hydrogen-bond acceptors (Lipinski definition) is 3. The molecule has 2 aromatic heterocycles. The van der Waals surface area contributed by atoms with Crippen LogP contribution in [0.2, 0.25) is 10.2 Å². The van der Waals surface area contributed by atoms with E-state index in [4.69, 9.17) is 23.2 Å². The zero-order valence-electron chi connectivity index (χ0n) is 9.73. The highest BCUT2D eigenvalue weighted by atomic mass is 35.5. The van der Waals surface area contributed by atoms with E-state index in [9.17, 15) is 4.39 Å². The molecule has 0 bridgehead atoms. The molecule has 0 aliphatic rings. The maximum Gasteiger partial charge on any atom is 0.172 e. The molecule has 0 aliphatic heterocycles. The van der Waals surface area contributed by atoms with Crippen LogP contribution in [0, 0.1) is 12.7 Å². The smallest absolute Gasteiger partial charge is 0.172 e. The van der Waals surface area contributed by atoms with E-state index in [0.29, 0.717) is 22.4 Å². The molecule has 0 atom stereocenters. The highest BCUT2D eigenvalue weighted by Gasteiger charge is 2.16. The lowest BCUT2D eigenvalue weighted by Gasteiger charge is -2.05. The fraction of sp³-hybridized carbons (Fsp3) is 0.0833. The summed E-state index contributed by atoms with van der Waals surface area (Å²) in [6.07, 6.45) is 0. The summed E-state index contributed by atoms with van der Waals surface area (Å²) in [6.45, 7) is 1.74. The first kappa shape index (κ1) is 12.3. The van der Waals surface area contributed by atoms with E-state index in [1.54, 1.807) is 29.5 Å². The second-order valence-electron chi connectivity index (χ2n) is 3.94. The Morgan fingerprint density at radius 3 is 2.79 bits per heavy atom. The van der Waals surface area contributed by atoms with Crippen LogP contribution < -0.4 is 0 Å². The summed E-state index contributed by atoms with van der Waals surface area (Å²) in [5, 5.41) is 8.30. The molecule has 7 heteroatoms. The van der Waals surface area contributed by atoms with E-state index >= 15 is 0 Å². The summed E-state index contributed by atoms with van der Waals surface area (Å²) in [4.78, 5) is 4.11. The van der Waals surface area contributed by atoms with Crippen LogP contribution in [0.15, 0.2) is 24.3 Å². The molecule has 0 unspecified atom stereocenters. The first-order valence-electron chi connectivity index (χ1n) is 5.40. The third kappa shape index (κ3) is 1.95. The van der Waals surface area contributed by atoms with Crippen LogP contribution in [-0.4, -0.2) is 19.6 Å². The quantitative estimate of drug-likeness (QED) is 0.645. The summed E-state index contributed by atoms with van der Waals surface area (Å²) >= 11 is 11.6. The molecule has 0 spiro atoms. The van der Waals surface area contributed by atoms with Gasteiger partial charge in [-0.3, -0.25) is 4.40 Å². The largest absolute Gasteiger partial charge is 0.263 e. The molecule has 4 nitrogen and oxygen atoms in total. The first-order chi connectivity index (χ1) is 9.08. The van der Waals surface area contributed by atoms with Crippen LogP contribution in [0.5, 0.6) is 0 Å². The summed E-state index contributed by atoms with van der Waals surface area (Å²) in [6, 6.07) is 6.28. The SMILES string of the molecule is Cc1nc(Cl)cc2nnc(-c3cccc(Cl)c3F)n12. The highest BCUT2D eigenvalue weighted by molar-refractivity contribution is 6.31. The Bertz CT molecular complexity index is 785. The van der Waals surface area contributed by atoms with Crippen LogP contribution in [0.1, 0.15) is 5.82 Å². The van der Waals surface area contributed by atoms with Crippen LogP contribution in [0.4, 0.5) is 4.39 Å². The number of fused-ring (bicyclic) bond motifs is 1. The van der Waals surface area contributed by atoms with Crippen molar-refractivity contribution in [3.05, 3.63) is 46.1 Å². The Labute approximate surface area is 117 Å². The van der Waals surface area contributed by atoms with Gasteiger partial charge >= 0.3 is 0 Å². The Hall–Kier alpha value is -1.72. The third-order valence-electron chi connectivity index (χ3n) is 2.72. The summed E-state index contributed by atoms with van der Waals surface area (Å²) in [7, 11) is 0. The molecule has 2 heterocycles. The summed E-state index contributed by atoms with van der Waals surface area (Å²) in [5.74, 6) is 0.381. The summed E-state index contributed by atoms with van der Waals surface area (Å²) < 4.78 is 15.7. The third-order valence-corrected chi connectivity index (χ3v) is 3.21. The van der Waals surface area contributed by atoms with Crippen molar-refractivity contribution >= 4 is 28.8 Å². The second-order valence-corrected chi connectivity index (χ2v) is 4.74. The molecule has 0 aliphatic carbocycles. The zero-order valence-corrected chi connectivity index (χ0v) is 11.2. The number of benzene rings is 1. The predicted molar refractivity (Wildman–Crippen MR) is 70.9 cm³/mol. The van der Waals surface area contributed by atoms with Gasteiger partial charge in [-0.05, 0) is 19.1 Å². The van der Waals surface area contributed by atoms with E-state index in [1.807, 2.05) is 0 Å². The number of aromatic nitrogens is 4. The minimum Gasteiger partial charge on any atom is -0.263 e. The maximum absolute atomic E-state index is 14.0. The standard InChI is InChI=1S/C12H7Cl2FN4/c1-6-16-9(14)5-10-17-18-12(19(6)10)7-3-2-4-8(13)11(7)15/h2-5H,1H3. The average Bonchev–Trinajstić information content (AvgIpc) is 2.76. The normalized spacial score (nSPS) is 11.2. The van der Waals surface area contributed by atoms with Gasteiger partial charge in [0.05, 0.1) is 10.6 Å². The lowest BCUT2D eigenvalue weighted by molar-refractivity contribution is 0.630. The van der Waals surface area contributed by atoms with E-state index in [-0.39, 0.29) is 10.6 Å². The van der Waals surface area contributed by atoms with E-state index in [2.05, 4.69) is 15.2 Å². The molecule has 0 N–H and O–H groups in total. The monoisotopic (exact) mass is 296 g/mol. The van der Waals surface area contributed by atoms with Crippen LogP contribution in [-0.2, 0) is 0 Å². The van der Waals surface area contributed by atoms with Crippen molar-refractivity contribution in [1.82, 2.24) is 19.6 Å². The van der Waals surface area contributed by atoms with Gasteiger partial charge in [0.2, 0.25) is 0 Å². The maximum atomic E-state index is 14.0. The fourth-order valence-electron chi connectivity index (χ4n) is 1.90. The number of rotatable bonds is 1. The van der Waals surface area contributed by atoms with Crippen LogP contribution in [0.25, 0.3) is 17.0 Å². The number of halogens is 3. The molecule has 3 rings (SSSR count). The van der Waals surface area contributed by atoms with Crippen molar-refractivity contribution in [2.24, 2.45) is 0 Å². The van der Waals surface area contributed by atoms with Crippen molar-refractivity contribution in [3.8, 4) is 11.4 Å². The van der Waals surface area contributed by atoms with E-state index in [1.165, 1.54) is 6.07 Å². The highest BCUT2D eigenvalue weighted by Crippen LogP contribution is 2.27. The van der Waals surface area contributed by atoms with E-state index in [0.717, 1.165) is 0 Å². The lowest BCUT2D eigenvalue weighted by Crippen LogP contribution is -1.99. The molecular weight excluding hydrogens is 290 g/mol. The molecule has 0 amide bonds. The van der Waals surface area contributed by atoms with Gasteiger partial charge < -0.3 is 0 Å². The lowest BCUT2D eigenvalue weighted by atomic mass is 10.2. The molecular formula is C12H7Cl2FN4. The Morgan fingerprint density at radius 2 is 2.00 bits per heavy atom. The molecule has 0 saturated carbocycles. The zero-order chi connectivity index (χ0) is 13.6. The van der Waals surface area contributed by atoms with Crippen LogP contribution >= 0.6 is 23.2 Å². The average molecular weight is 297 g/mol.